The number of aliphatic hydroxyl groups is 1. The van der Waals surface area contributed by atoms with Gasteiger partial charge >= 0.3 is 0 Å². The standard InChI is InChI=1S/C9H9ClNO3/c1-6(5-12)8-4-7(11(13)14)2-3-9(8)10/h2-4,6,12H,1,5H2. The van der Waals surface area contributed by atoms with Crippen LogP contribution >= 0.6 is 11.6 Å². The molecule has 0 aliphatic carbocycles. The Bertz CT molecular complexity index is 354. The molecule has 75 valence electrons. The van der Waals surface area contributed by atoms with Crippen molar-refractivity contribution in [3.05, 3.63) is 45.8 Å². The van der Waals surface area contributed by atoms with Gasteiger partial charge in [-0.2, -0.15) is 0 Å². The maximum atomic E-state index is 10.5. The van der Waals surface area contributed by atoms with Crippen molar-refractivity contribution in [3.8, 4) is 0 Å². The summed E-state index contributed by atoms with van der Waals surface area (Å²) in [4.78, 5) is 9.94. The maximum Gasteiger partial charge on any atom is 0.269 e. The molecule has 1 aromatic rings. The molecule has 1 aromatic carbocycles. The minimum Gasteiger partial charge on any atom is -0.396 e. The molecule has 5 heteroatoms. The van der Waals surface area contributed by atoms with Gasteiger partial charge in [0.15, 0.2) is 0 Å². The lowest BCUT2D eigenvalue weighted by molar-refractivity contribution is -0.384. The van der Waals surface area contributed by atoms with Gasteiger partial charge in [0.25, 0.3) is 5.69 Å². The molecule has 0 fully saturated rings. The van der Waals surface area contributed by atoms with Gasteiger partial charge in [-0.1, -0.05) is 11.6 Å². The van der Waals surface area contributed by atoms with Gasteiger partial charge in [-0.05, 0) is 18.6 Å². The highest BCUT2D eigenvalue weighted by atomic mass is 35.5. The van der Waals surface area contributed by atoms with Crippen molar-refractivity contribution >= 4 is 17.3 Å². The fourth-order valence-electron chi connectivity index (χ4n) is 1.06. The van der Waals surface area contributed by atoms with Crippen LogP contribution in [-0.2, 0) is 0 Å². The van der Waals surface area contributed by atoms with Gasteiger partial charge in [0.05, 0.1) is 4.92 Å². The lowest BCUT2D eigenvalue weighted by Crippen LogP contribution is -2.01. The third-order valence-electron chi connectivity index (χ3n) is 1.85. The van der Waals surface area contributed by atoms with Crippen molar-refractivity contribution in [1.29, 1.82) is 0 Å². The molecule has 1 rings (SSSR count). The van der Waals surface area contributed by atoms with Crippen LogP contribution in [0.25, 0.3) is 0 Å². The molecule has 4 nitrogen and oxygen atoms in total. The Morgan fingerprint density at radius 2 is 2.29 bits per heavy atom. The van der Waals surface area contributed by atoms with Crippen molar-refractivity contribution in [2.45, 2.75) is 5.92 Å². The van der Waals surface area contributed by atoms with E-state index >= 15 is 0 Å². The molecule has 1 N–H and O–H groups in total. The second-order valence-electron chi connectivity index (χ2n) is 2.84. The van der Waals surface area contributed by atoms with Crippen LogP contribution in [0.5, 0.6) is 0 Å². The number of nitro benzene ring substituents is 1. The number of benzene rings is 1. The molecule has 0 saturated heterocycles. The molecule has 0 aromatic heterocycles. The largest absolute Gasteiger partial charge is 0.396 e. The zero-order valence-electron chi connectivity index (χ0n) is 7.31. The highest BCUT2D eigenvalue weighted by Crippen LogP contribution is 2.27. The first-order chi connectivity index (χ1) is 6.56. The monoisotopic (exact) mass is 214 g/mol. The Kier molecular flexibility index (Phi) is 3.43. The summed E-state index contributed by atoms with van der Waals surface area (Å²) in [6.45, 7) is 3.44. The molecule has 0 amide bonds. The Labute approximate surface area is 86.3 Å². The lowest BCUT2D eigenvalue weighted by atomic mass is 10.0. The summed E-state index contributed by atoms with van der Waals surface area (Å²) in [5, 5.41) is 19.7. The van der Waals surface area contributed by atoms with Gasteiger partial charge in [-0.15, -0.1) is 0 Å². The Hall–Kier alpha value is -1.13. The minimum atomic E-state index is -0.510. The van der Waals surface area contributed by atoms with E-state index < -0.39 is 10.8 Å². The van der Waals surface area contributed by atoms with Crippen molar-refractivity contribution in [3.63, 3.8) is 0 Å². The van der Waals surface area contributed by atoms with Gasteiger partial charge in [0, 0.05) is 29.7 Å². The smallest absolute Gasteiger partial charge is 0.269 e. The molecule has 14 heavy (non-hydrogen) atoms. The molecule has 0 aliphatic rings. The van der Waals surface area contributed by atoms with Gasteiger partial charge in [-0.3, -0.25) is 10.1 Å². The summed E-state index contributed by atoms with van der Waals surface area (Å²) >= 11 is 5.80. The third-order valence-corrected chi connectivity index (χ3v) is 2.19. The van der Waals surface area contributed by atoms with Crippen LogP contribution in [-0.4, -0.2) is 16.6 Å². The molecule has 1 radical (unpaired) electrons. The van der Waals surface area contributed by atoms with Crippen molar-refractivity contribution in [2.75, 3.05) is 6.61 Å². The van der Waals surface area contributed by atoms with E-state index in [0.717, 1.165) is 0 Å². The average Bonchev–Trinajstić information content (AvgIpc) is 2.17. The van der Waals surface area contributed by atoms with Crippen LogP contribution in [0.4, 0.5) is 5.69 Å². The van der Waals surface area contributed by atoms with Crippen LogP contribution in [0.15, 0.2) is 18.2 Å². The van der Waals surface area contributed by atoms with E-state index in [9.17, 15) is 10.1 Å². The number of rotatable bonds is 3. The lowest BCUT2D eigenvalue weighted by Gasteiger charge is -2.09. The molecule has 1 atom stereocenters. The third kappa shape index (κ3) is 2.21. The number of aliphatic hydroxyl groups excluding tert-OH is 1. The van der Waals surface area contributed by atoms with Crippen LogP contribution in [0, 0.1) is 17.0 Å². The number of non-ortho nitro benzene ring substituents is 1. The number of nitrogens with zero attached hydrogens (tertiary/aromatic N) is 1. The van der Waals surface area contributed by atoms with Crippen LogP contribution < -0.4 is 0 Å². The summed E-state index contributed by atoms with van der Waals surface area (Å²) in [5.74, 6) is -0.442. The topological polar surface area (TPSA) is 63.4 Å². The zero-order valence-corrected chi connectivity index (χ0v) is 8.07. The summed E-state index contributed by atoms with van der Waals surface area (Å²) in [5.41, 5.74) is 0.440. The second-order valence-corrected chi connectivity index (χ2v) is 3.25. The fraction of sp³-hybridized carbons (Fsp3) is 0.222. The van der Waals surface area contributed by atoms with Crippen molar-refractivity contribution in [1.82, 2.24) is 0 Å². The normalized spacial score (nSPS) is 12.5. The number of hydrogen-bond acceptors (Lipinski definition) is 3. The first-order valence-corrected chi connectivity index (χ1v) is 4.32. The molecule has 0 aliphatic heterocycles. The molecule has 1 unspecified atom stereocenters. The molecule has 0 heterocycles. The highest BCUT2D eigenvalue weighted by molar-refractivity contribution is 6.31. The minimum absolute atomic E-state index is 0.0495. The van der Waals surface area contributed by atoms with Gasteiger partial charge in [0.1, 0.15) is 0 Å². The van der Waals surface area contributed by atoms with Crippen LogP contribution in [0.1, 0.15) is 11.5 Å². The Morgan fingerprint density at radius 1 is 1.64 bits per heavy atom. The average molecular weight is 215 g/mol. The van der Waals surface area contributed by atoms with Crippen LogP contribution in [0.2, 0.25) is 5.02 Å². The highest BCUT2D eigenvalue weighted by Gasteiger charge is 2.14. The SMILES string of the molecule is [CH2]C(CO)c1cc([N+](=O)[O-])ccc1Cl. The summed E-state index contributed by atoms with van der Waals surface area (Å²) in [6, 6.07) is 4.08. The molecule has 0 spiro atoms. The number of hydrogen-bond donors (Lipinski definition) is 1. The molecular weight excluding hydrogens is 206 g/mol. The predicted octanol–water partition coefficient (Wildman–Crippen LogP) is 2.16. The predicted molar refractivity (Wildman–Crippen MR) is 53.3 cm³/mol. The summed E-state index contributed by atoms with van der Waals surface area (Å²) in [6.07, 6.45) is 0. The van der Waals surface area contributed by atoms with E-state index in [0.29, 0.717) is 10.6 Å². The zero-order chi connectivity index (χ0) is 10.7. The quantitative estimate of drug-likeness (QED) is 0.620. The number of nitro groups is 1. The van der Waals surface area contributed by atoms with E-state index in [2.05, 4.69) is 6.92 Å². The maximum absolute atomic E-state index is 10.5. The number of halogens is 1. The Balaban J connectivity index is 3.14. The second kappa shape index (κ2) is 4.39. The molecule has 0 bridgehead atoms. The van der Waals surface area contributed by atoms with Gasteiger partial charge < -0.3 is 5.11 Å². The van der Waals surface area contributed by atoms with Gasteiger partial charge in [-0.25, -0.2) is 0 Å². The van der Waals surface area contributed by atoms with E-state index in [1.807, 2.05) is 0 Å². The first kappa shape index (κ1) is 10.9. The summed E-state index contributed by atoms with van der Waals surface area (Å²) in [7, 11) is 0. The Morgan fingerprint density at radius 3 is 2.79 bits per heavy atom. The van der Waals surface area contributed by atoms with Crippen molar-refractivity contribution < 1.29 is 10.0 Å². The van der Waals surface area contributed by atoms with E-state index in [-0.39, 0.29) is 12.3 Å². The van der Waals surface area contributed by atoms with E-state index in [1.165, 1.54) is 18.2 Å². The van der Waals surface area contributed by atoms with E-state index in [4.69, 9.17) is 16.7 Å². The van der Waals surface area contributed by atoms with Crippen LogP contribution in [0.3, 0.4) is 0 Å². The van der Waals surface area contributed by atoms with E-state index in [1.54, 1.807) is 0 Å². The molecular formula is C9H9ClNO3. The summed E-state index contributed by atoms with van der Waals surface area (Å²) < 4.78 is 0. The van der Waals surface area contributed by atoms with Gasteiger partial charge in [0.2, 0.25) is 0 Å². The van der Waals surface area contributed by atoms with Crippen molar-refractivity contribution in [2.24, 2.45) is 0 Å². The fourth-order valence-corrected chi connectivity index (χ4v) is 1.33. The first-order valence-electron chi connectivity index (χ1n) is 3.94. The molecule has 0 saturated carbocycles.